The predicted molar refractivity (Wildman–Crippen MR) is 94.7 cm³/mol. The standard InChI is InChI=1S/C21H30O2/c1-13(2)21-9-8-20(7,23-21)19(17(21)6)22-12-18-15(4)10-14(3)11-16(18)5/h10-11,13,19H,6,8-9,12H2,1-5,7H3/t19-,20+,21+/m1/s1. The molecular formula is C21H30O2. The molecule has 2 heteroatoms. The van der Waals surface area contributed by atoms with E-state index in [1.165, 1.54) is 22.3 Å². The molecule has 2 aliphatic heterocycles. The van der Waals surface area contributed by atoms with Crippen LogP contribution in [-0.4, -0.2) is 17.3 Å². The van der Waals surface area contributed by atoms with Gasteiger partial charge in [-0.15, -0.1) is 0 Å². The molecule has 2 saturated heterocycles. The van der Waals surface area contributed by atoms with Crippen LogP contribution in [0.25, 0.3) is 0 Å². The number of ether oxygens (including phenoxy) is 2. The van der Waals surface area contributed by atoms with Crippen molar-refractivity contribution < 1.29 is 9.47 Å². The van der Waals surface area contributed by atoms with Gasteiger partial charge in [-0.25, -0.2) is 0 Å². The number of benzene rings is 1. The van der Waals surface area contributed by atoms with Crippen LogP contribution >= 0.6 is 0 Å². The molecule has 3 atom stereocenters. The molecule has 2 aliphatic rings. The smallest absolute Gasteiger partial charge is 0.110 e. The molecule has 23 heavy (non-hydrogen) atoms. The Morgan fingerprint density at radius 1 is 1.22 bits per heavy atom. The van der Waals surface area contributed by atoms with E-state index in [0.29, 0.717) is 12.5 Å². The van der Waals surface area contributed by atoms with Crippen molar-refractivity contribution in [2.45, 2.75) is 78.3 Å². The average molecular weight is 314 g/mol. The van der Waals surface area contributed by atoms with E-state index in [0.717, 1.165) is 18.4 Å². The molecule has 1 aromatic carbocycles. The maximum atomic E-state index is 6.48. The highest BCUT2D eigenvalue weighted by Crippen LogP contribution is 2.57. The van der Waals surface area contributed by atoms with Crippen molar-refractivity contribution in [3.05, 3.63) is 46.5 Å². The Morgan fingerprint density at radius 2 is 1.83 bits per heavy atom. The summed E-state index contributed by atoms with van der Waals surface area (Å²) in [6, 6.07) is 4.46. The van der Waals surface area contributed by atoms with Crippen LogP contribution in [0.3, 0.4) is 0 Å². The van der Waals surface area contributed by atoms with Gasteiger partial charge in [-0.1, -0.05) is 38.1 Å². The van der Waals surface area contributed by atoms with Crippen molar-refractivity contribution in [1.82, 2.24) is 0 Å². The maximum absolute atomic E-state index is 6.48. The number of fused-ring (bicyclic) bond motifs is 2. The zero-order valence-corrected chi connectivity index (χ0v) is 15.5. The van der Waals surface area contributed by atoms with Gasteiger partial charge >= 0.3 is 0 Å². The first-order chi connectivity index (χ1) is 10.7. The lowest BCUT2D eigenvalue weighted by Crippen LogP contribution is -2.40. The second kappa shape index (κ2) is 5.46. The third-order valence-electron chi connectivity index (χ3n) is 5.99. The molecule has 0 unspecified atom stereocenters. The van der Waals surface area contributed by atoms with E-state index in [9.17, 15) is 0 Å². The topological polar surface area (TPSA) is 18.5 Å². The summed E-state index contributed by atoms with van der Waals surface area (Å²) in [6.07, 6.45) is 2.13. The lowest BCUT2D eigenvalue weighted by Gasteiger charge is -2.34. The first-order valence-corrected chi connectivity index (χ1v) is 8.77. The molecule has 0 spiro atoms. The van der Waals surface area contributed by atoms with Crippen LogP contribution in [0.1, 0.15) is 55.9 Å². The third kappa shape index (κ3) is 2.47. The first-order valence-electron chi connectivity index (χ1n) is 8.77. The van der Waals surface area contributed by atoms with Crippen molar-refractivity contribution in [2.24, 2.45) is 5.92 Å². The van der Waals surface area contributed by atoms with Crippen LogP contribution < -0.4 is 0 Å². The Morgan fingerprint density at radius 3 is 2.35 bits per heavy atom. The largest absolute Gasteiger partial charge is 0.366 e. The average Bonchev–Trinajstić information content (AvgIpc) is 2.90. The fourth-order valence-electron chi connectivity index (χ4n) is 4.61. The maximum Gasteiger partial charge on any atom is 0.110 e. The highest BCUT2D eigenvalue weighted by molar-refractivity contribution is 5.38. The third-order valence-corrected chi connectivity index (χ3v) is 5.99. The fraction of sp³-hybridized carbons (Fsp3) is 0.619. The Balaban J connectivity index is 1.81. The first kappa shape index (κ1) is 16.7. The number of rotatable bonds is 4. The van der Waals surface area contributed by atoms with Gasteiger partial charge in [0.1, 0.15) is 6.10 Å². The highest BCUT2D eigenvalue weighted by atomic mass is 16.6. The molecule has 2 fully saturated rings. The SMILES string of the molecule is C=C1[C@@H](OCc2c(C)cc(C)cc2C)[C@]2(C)CC[C@@]1(C(C)C)O2. The number of hydrogen-bond acceptors (Lipinski definition) is 2. The molecule has 0 amide bonds. The lowest BCUT2D eigenvalue weighted by atomic mass is 9.72. The Hall–Kier alpha value is -1.12. The normalized spacial score (nSPS) is 33.0. The number of aryl methyl sites for hydroxylation is 3. The summed E-state index contributed by atoms with van der Waals surface area (Å²) in [5, 5.41) is 0. The van der Waals surface area contributed by atoms with Gasteiger partial charge in [-0.3, -0.25) is 0 Å². The summed E-state index contributed by atoms with van der Waals surface area (Å²) in [7, 11) is 0. The molecule has 0 N–H and O–H groups in total. The number of hydrogen-bond donors (Lipinski definition) is 0. The van der Waals surface area contributed by atoms with Crippen molar-refractivity contribution in [3.8, 4) is 0 Å². The quantitative estimate of drug-likeness (QED) is 0.726. The minimum atomic E-state index is -0.214. The molecule has 0 aliphatic carbocycles. The Bertz CT molecular complexity index is 622. The molecule has 2 heterocycles. The van der Waals surface area contributed by atoms with Crippen molar-refractivity contribution >= 4 is 0 Å². The van der Waals surface area contributed by atoms with Gasteiger partial charge in [-0.2, -0.15) is 0 Å². The zero-order chi connectivity index (χ0) is 17.0. The van der Waals surface area contributed by atoms with Gasteiger partial charge in [0.25, 0.3) is 0 Å². The van der Waals surface area contributed by atoms with E-state index in [4.69, 9.17) is 9.47 Å². The molecule has 2 bridgehead atoms. The molecule has 0 saturated carbocycles. The van der Waals surface area contributed by atoms with E-state index < -0.39 is 0 Å². The molecule has 126 valence electrons. The summed E-state index contributed by atoms with van der Waals surface area (Å²) in [5.74, 6) is 0.438. The van der Waals surface area contributed by atoms with Crippen molar-refractivity contribution in [1.29, 1.82) is 0 Å². The second-order valence-electron chi connectivity index (χ2n) is 8.05. The van der Waals surface area contributed by atoms with Crippen molar-refractivity contribution in [3.63, 3.8) is 0 Å². The lowest BCUT2D eigenvalue weighted by molar-refractivity contribution is -0.0960. The minimum absolute atomic E-state index is 0.00115. The van der Waals surface area contributed by atoms with Gasteiger partial charge in [0, 0.05) is 0 Å². The minimum Gasteiger partial charge on any atom is -0.366 e. The van der Waals surface area contributed by atoms with E-state index in [2.05, 4.69) is 60.3 Å². The van der Waals surface area contributed by atoms with Crippen LogP contribution in [0.15, 0.2) is 24.3 Å². The summed E-state index contributed by atoms with van der Waals surface area (Å²) in [5.41, 5.74) is 5.96. The van der Waals surface area contributed by atoms with Crippen LogP contribution in [0.2, 0.25) is 0 Å². The molecule has 1 aromatic rings. The second-order valence-corrected chi connectivity index (χ2v) is 8.05. The molecule has 3 rings (SSSR count). The van der Waals surface area contributed by atoms with Crippen LogP contribution in [-0.2, 0) is 16.1 Å². The Kier molecular flexibility index (Phi) is 3.97. The summed E-state index contributed by atoms with van der Waals surface area (Å²) >= 11 is 0. The monoisotopic (exact) mass is 314 g/mol. The van der Waals surface area contributed by atoms with E-state index in [-0.39, 0.29) is 17.3 Å². The molecule has 2 nitrogen and oxygen atoms in total. The molecule has 0 radical (unpaired) electrons. The zero-order valence-electron chi connectivity index (χ0n) is 15.5. The molecule has 0 aromatic heterocycles. The van der Waals surface area contributed by atoms with Crippen LogP contribution in [0.4, 0.5) is 0 Å². The van der Waals surface area contributed by atoms with Gasteiger partial charge in [0.15, 0.2) is 0 Å². The van der Waals surface area contributed by atoms with Crippen molar-refractivity contribution in [2.75, 3.05) is 0 Å². The molecular weight excluding hydrogens is 284 g/mol. The summed E-state index contributed by atoms with van der Waals surface area (Å²) < 4.78 is 12.9. The van der Waals surface area contributed by atoms with E-state index in [1.54, 1.807) is 0 Å². The van der Waals surface area contributed by atoms with Crippen LogP contribution in [0.5, 0.6) is 0 Å². The van der Waals surface area contributed by atoms with E-state index >= 15 is 0 Å². The Labute approximate surface area is 140 Å². The summed E-state index contributed by atoms with van der Waals surface area (Å²) in [4.78, 5) is 0. The van der Waals surface area contributed by atoms with Gasteiger partial charge in [0.2, 0.25) is 0 Å². The van der Waals surface area contributed by atoms with Gasteiger partial charge in [0.05, 0.1) is 17.8 Å². The van der Waals surface area contributed by atoms with Gasteiger partial charge in [-0.05, 0) is 68.7 Å². The summed E-state index contributed by atoms with van der Waals surface area (Å²) in [6.45, 7) is 18.1. The predicted octanol–water partition coefficient (Wildman–Crippen LogP) is 5.03. The van der Waals surface area contributed by atoms with Crippen LogP contribution in [0, 0.1) is 26.7 Å². The fourth-order valence-corrected chi connectivity index (χ4v) is 4.61. The van der Waals surface area contributed by atoms with E-state index in [1.807, 2.05) is 0 Å². The van der Waals surface area contributed by atoms with Gasteiger partial charge < -0.3 is 9.47 Å². The highest BCUT2D eigenvalue weighted by Gasteiger charge is 2.63.